The molecule has 2 aromatic rings. The molecule has 1 aromatic carbocycles. The van der Waals surface area contributed by atoms with Crippen LogP contribution in [0.4, 0.5) is 0 Å². The van der Waals surface area contributed by atoms with E-state index in [4.69, 9.17) is 4.74 Å². The van der Waals surface area contributed by atoms with Crippen molar-refractivity contribution >= 4 is 5.91 Å². The molecule has 106 valence electrons. The number of likely N-dealkylation sites (tertiary alicyclic amines) is 1. The van der Waals surface area contributed by atoms with Crippen LogP contribution in [0.5, 0.6) is 0 Å². The largest absolute Gasteiger partial charge is 0.365 e. The summed E-state index contributed by atoms with van der Waals surface area (Å²) in [4.78, 5) is 19.0. The third-order valence-electron chi connectivity index (χ3n) is 4.25. The van der Waals surface area contributed by atoms with Crippen molar-refractivity contribution in [2.45, 2.75) is 24.7 Å². The number of fused-ring (bicyclic) bond motifs is 2. The predicted octanol–water partition coefficient (Wildman–Crippen LogP) is 2.44. The molecule has 4 rings (SSSR count). The van der Waals surface area contributed by atoms with E-state index < -0.39 is 0 Å². The van der Waals surface area contributed by atoms with Crippen molar-refractivity contribution in [2.75, 3.05) is 6.54 Å². The zero-order chi connectivity index (χ0) is 14.2. The number of rotatable bonds is 2. The fourth-order valence-corrected chi connectivity index (χ4v) is 3.30. The van der Waals surface area contributed by atoms with Gasteiger partial charge in [-0.25, -0.2) is 0 Å². The lowest BCUT2D eigenvalue weighted by molar-refractivity contribution is -0.0299. The topological polar surface area (TPSA) is 42.4 Å². The summed E-state index contributed by atoms with van der Waals surface area (Å²) in [7, 11) is 0. The Hall–Kier alpha value is -2.20. The maximum absolute atomic E-state index is 12.7. The molecule has 4 heteroatoms. The van der Waals surface area contributed by atoms with Crippen LogP contribution in [-0.2, 0) is 4.74 Å². The third-order valence-corrected chi connectivity index (χ3v) is 4.25. The van der Waals surface area contributed by atoms with Crippen molar-refractivity contribution < 1.29 is 9.53 Å². The van der Waals surface area contributed by atoms with E-state index in [1.165, 1.54) is 0 Å². The Morgan fingerprint density at radius 2 is 1.95 bits per heavy atom. The number of amides is 1. The first-order chi connectivity index (χ1) is 10.3. The molecule has 2 aliphatic rings. The maximum atomic E-state index is 12.7. The number of nitrogens with zero attached hydrogens (tertiary/aromatic N) is 2. The number of pyridine rings is 1. The normalized spacial score (nSPS) is 27.0. The molecule has 1 aromatic heterocycles. The van der Waals surface area contributed by atoms with E-state index in [1.54, 1.807) is 6.20 Å². The van der Waals surface area contributed by atoms with Gasteiger partial charge in [-0.15, -0.1) is 0 Å². The summed E-state index contributed by atoms with van der Waals surface area (Å²) in [6.45, 7) is 0.682. The van der Waals surface area contributed by atoms with Gasteiger partial charge in [-0.1, -0.05) is 24.3 Å². The van der Waals surface area contributed by atoms with E-state index in [0.717, 1.165) is 17.7 Å². The van der Waals surface area contributed by atoms with Crippen LogP contribution in [0.2, 0.25) is 0 Å². The Bertz CT molecular complexity index is 644. The number of hydrogen-bond donors (Lipinski definition) is 0. The molecule has 0 unspecified atom stereocenters. The fourth-order valence-electron chi connectivity index (χ4n) is 3.30. The zero-order valence-corrected chi connectivity index (χ0v) is 11.6. The molecule has 0 aliphatic carbocycles. The Morgan fingerprint density at radius 1 is 1.14 bits per heavy atom. The molecular weight excluding hydrogens is 264 g/mol. The standard InChI is InChI=1S/C17H16N2O2/c20-17(12-6-2-1-3-7-12)19-11-13-10-15(19)16(21-13)14-8-4-5-9-18-14/h1-9,13,15-16H,10-11H2/t13-,15-,16+/m1/s1. The van der Waals surface area contributed by atoms with Gasteiger partial charge < -0.3 is 9.64 Å². The Morgan fingerprint density at radius 3 is 2.67 bits per heavy atom. The molecule has 1 amide bonds. The lowest BCUT2D eigenvalue weighted by Gasteiger charge is -2.32. The molecule has 0 spiro atoms. The van der Waals surface area contributed by atoms with E-state index in [9.17, 15) is 4.79 Å². The molecule has 21 heavy (non-hydrogen) atoms. The van der Waals surface area contributed by atoms with E-state index in [2.05, 4.69) is 4.98 Å². The molecule has 2 fully saturated rings. The summed E-state index contributed by atoms with van der Waals surface area (Å²) < 4.78 is 6.01. The highest BCUT2D eigenvalue weighted by molar-refractivity contribution is 5.94. The number of carbonyl (C=O) groups excluding carboxylic acids is 1. The number of ether oxygens (including phenoxy) is 1. The molecule has 3 heterocycles. The van der Waals surface area contributed by atoms with Gasteiger partial charge in [0.25, 0.3) is 5.91 Å². The minimum Gasteiger partial charge on any atom is -0.365 e. The molecule has 0 saturated carbocycles. The zero-order valence-electron chi connectivity index (χ0n) is 11.6. The van der Waals surface area contributed by atoms with Gasteiger partial charge in [0, 0.05) is 18.3 Å². The molecule has 0 N–H and O–H groups in total. The minimum atomic E-state index is -0.0994. The summed E-state index contributed by atoms with van der Waals surface area (Å²) in [6, 6.07) is 15.4. The first-order valence-electron chi connectivity index (χ1n) is 7.25. The van der Waals surface area contributed by atoms with Gasteiger partial charge in [0.1, 0.15) is 6.10 Å². The Kier molecular flexibility index (Phi) is 2.97. The lowest BCUT2D eigenvalue weighted by atomic mass is 10.1. The van der Waals surface area contributed by atoms with Gasteiger partial charge in [-0.3, -0.25) is 9.78 Å². The van der Waals surface area contributed by atoms with Crippen LogP contribution in [0.1, 0.15) is 28.6 Å². The summed E-state index contributed by atoms with van der Waals surface area (Å²) in [5, 5.41) is 0. The van der Waals surface area contributed by atoms with Crippen LogP contribution < -0.4 is 0 Å². The monoisotopic (exact) mass is 280 g/mol. The number of benzene rings is 1. The molecule has 2 aliphatic heterocycles. The Balaban J connectivity index is 1.60. The van der Waals surface area contributed by atoms with Crippen molar-refractivity contribution in [1.29, 1.82) is 0 Å². The van der Waals surface area contributed by atoms with E-state index >= 15 is 0 Å². The van der Waals surface area contributed by atoms with Gasteiger partial charge in [0.05, 0.1) is 17.8 Å². The fraction of sp³-hybridized carbons (Fsp3) is 0.294. The van der Waals surface area contributed by atoms with Crippen molar-refractivity contribution in [2.24, 2.45) is 0 Å². The van der Waals surface area contributed by atoms with E-state index in [0.29, 0.717) is 6.54 Å². The SMILES string of the molecule is O=C(c1ccccc1)N1C[C@H]2C[C@@H]1[C@H](c1ccccn1)O2. The van der Waals surface area contributed by atoms with Gasteiger partial charge >= 0.3 is 0 Å². The van der Waals surface area contributed by atoms with E-state index in [1.807, 2.05) is 53.4 Å². The molecule has 4 nitrogen and oxygen atoms in total. The van der Waals surface area contributed by atoms with Gasteiger partial charge in [0.2, 0.25) is 0 Å². The predicted molar refractivity (Wildman–Crippen MR) is 77.7 cm³/mol. The maximum Gasteiger partial charge on any atom is 0.254 e. The van der Waals surface area contributed by atoms with Crippen molar-refractivity contribution in [3.63, 3.8) is 0 Å². The van der Waals surface area contributed by atoms with Crippen LogP contribution in [-0.4, -0.2) is 34.5 Å². The van der Waals surface area contributed by atoms with Crippen molar-refractivity contribution in [3.8, 4) is 0 Å². The highest BCUT2D eigenvalue weighted by atomic mass is 16.5. The summed E-state index contributed by atoms with van der Waals surface area (Å²) in [5.74, 6) is 0.0901. The van der Waals surface area contributed by atoms with Crippen molar-refractivity contribution in [1.82, 2.24) is 9.88 Å². The second-order valence-corrected chi connectivity index (χ2v) is 5.56. The first kappa shape index (κ1) is 12.5. The molecule has 3 atom stereocenters. The van der Waals surface area contributed by atoms with Crippen LogP contribution in [0.25, 0.3) is 0 Å². The number of morpholine rings is 1. The van der Waals surface area contributed by atoms with Crippen LogP contribution in [0.15, 0.2) is 54.7 Å². The highest BCUT2D eigenvalue weighted by Gasteiger charge is 2.49. The number of aromatic nitrogens is 1. The average Bonchev–Trinajstić information content (AvgIpc) is 3.16. The first-order valence-corrected chi connectivity index (χ1v) is 7.25. The van der Waals surface area contributed by atoms with Crippen LogP contribution in [0.3, 0.4) is 0 Å². The van der Waals surface area contributed by atoms with Crippen molar-refractivity contribution in [3.05, 3.63) is 66.0 Å². The molecule has 2 bridgehead atoms. The second kappa shape index (κ2) is 4.97. The van der Waals surface area contributed by atoms with E-state index in [-0.39, 0.29) is 24.2 Å². The third kappa shape index (κ3) is 2.12. The number of hydrogen-bond acceptors (Lipinski definition) is 3. The van der Waals surface area contributed by atoms with Crippen LogP contribution >= 0.6 is 0 Å². The van der Waals surface area contributed by atoms with Gasteiger partial charge in [-0.05, 0) is 30.7 Å². The van der Waals surface area contributed by atoms with Gasteiger partial charge in [-0.2, -0.15) is 0 Å². The molecule has 0 radical (unpaired) electrons. The van der Waals surface area contributed by atoms with Crippen LogP contribution in [0, 0.1) is 0 Å². The quantitative estimate of drug-likeness (QED) is 0.848. The molecular formula is C17H16N2O2. The number of carbonyl (C=O) groups is 1. The lowest BCUT2D eigenvalue weighted by Crippen LogP contribution is -2.43. The van der Waals surface area contributed by atoms with Gasteiger partial charge in [0.15, 0.2) is 0 Å². The summed E-state index contributed by atoms with van der Waals surface area (Å²) in [6.07, 6.45) is 2.71. The minimum absolute atomic E-state index is 0.0901. The Labute approximate surface area is 123 Å². The second-order valence-electron chi connectivity index (χ2n) is 5.56. The summed E-state index contributed by atoms with van der Waals surface area (Å²) in [5.41, 5.74) is 1.65. The average molecular weight is 280 g/mol. The summed E-state index contributed by atoms with van der Waals surface area (Å²) >= 11 is 0. The highest BCUT2D eigenvalue weighted by Crippen LogP contribution is 2.41. The smallest absolute Gasteiger partial charge is 0.254 e. The molecule has 2 saturated heterocycles.